The molecular weight excluding hydrogens is 326 g/mol. The highest BCUT2D eigenvalue weighted by molar-refractivity contribution is 5.63. The van der Waals surface area contributed by atoms with E-state index in [0.29, 0.717) is 23.9 Å². The van der Waals surface area contributed by atoms with Crippen molar-refractivity contribution in [3.05, 3.63) is 71.4 Å². The summed E-state index contributed by atoms with van der Waals surface area (Å²) in [5, 5.41) is 24.9. The van der Waals surface area contributed by atoms with E-state index in [4.69, 9.17) is 0 Å². The zero-order valence-electron chi connectivity index (χ0n) is 14.4. The van der Waals surface area contributed by atoms with E-state index in [1.807, 2.05) is 6.07 Å². The predicted molar refractivity (Wildman–Crippen MR) is 102 cm³/mol. The van der Waals surface area contributed by atoms with Crippen molar-refractivity contribution in [2.45, 2.75) is 13.3 Å². The van der Waals surface area contributed by atoms with Crippen LogP contribution in [0, 0.1) is 18.3 Å². The molecule has 0 aliphatic rings. The lowest BCUT2D eigenvalue weighted by molar-refractivity contribution is 0.475. The number of anilines is 3. The molecule has 0 unspecified atom stereocenters. The molecule has 0 bridgehead atoms. The number of aromatic nitrogens is 2. The van der Waals surface area contributed by atoms with E-state index >= 15 is 0 Å². The predicted octanol–water partition coefficient (Wildman–Crippen LogP) is 3.76. The van der Waals surface area contributed by atoms with Gasteiger partial charge >= 0.3 is 0 Å². The smallest absolute Gasteiger partial charge is 0.224 e. The Kier molecular flexibility index (Phi) is 5.30. The third-order valence-corrected chi connectivity index (χ3v) is 3.82. The summed E-state index contributed by atoms with van der Waals surface area (Å²) >= 11 is 0. The Labute approximate surface area is 152 Å². The maximum atomic E-state index is 9.36. The number of nitriles is 1. The molecule has 3 rings (SSSR count). The summed E-state index contributed by atoms with van der Waals surface area (Å²) in [5.74, 6) is 1.06. The molecule has 3 aromatic rings. The molecule has 0 fully saturated rings. The zero-order valence-corrected chi connectivity index (χ0v) is 14.4. The van der Waals surface area contributed by atoms with Crippen LogP contribution in [0.5, 0.6) is 5.75 Å². The van der Waals surface area contributed by atoms with Crippen LogP contribution in [0.25, 0.3) is 0 Å². The number of aromatic hydroxyl groups is 1. The summed E-state index contributed by atoms with van der Waals surface area (Å²) in [6.45, 7) is 2.76. The van der Waals surface area contributed by atoms with Crippen LogP contribution >= 0.6 is 0 Å². The van der Waals surface area contributed by atoms with E-state index in [0.717, 1.165) is 12.1 Å². The van der Waals surface area contributed by atoms with Crippen LogP contribution in [0.3, 0.4) is 0 Å². The molecule has 1 aromatic heterocycles. The summed E-state index contributed by atoms with van der Waals surface area (Å²) in [7, 11) is 0. The second-order valence-electron chi connectivity index (χ2n) is 5.91. The van der Waals surface area contributed by atoms with Crippen LogP contribution in [0.2, 0.25) is 0 Å². The van der Waals surface area contributed by atoms with Gasteiger partial charge in [0.15, 0.2) is 5.82 Å². The highest BCUT2D eigenvalue weighted by Gasteiger charge is 2.07. The quantitative estimate of drug-likeness (QED) is 0.589. The van der Waals surface area contributed by atoms with Gasteiger partial charge in [0.2, 0.25) is 5.95 Å². The van der Waals surface area contributed by atoms with Gasteiger partial charge in [0.25, 0.3) is 0 Å². The minimum atomic E-state index is 0.178. The fraction of sp³-hybridized carbons (Fsp3) is 0.150. The Balaban J connectivity index is 1.68. The molecule has 26 heavy (non-hydrogen) atoms. The standard InChI is InChI=1S/C20H19N5O/c1-14-3-2-4-15(11-14)9-10-22-20-23-13-16(12-21)19(25-20)24-17-5-7-18(26)8-6-17/h2-8,11,13,26H,9-10H2,1H3,(H2,22,23,24,25). The first kappa shape index (κ1) is 17.2. The minimum Gasteiger partial charge on any atom is -0.508 e. The highest BCUT2D eigenvalue weighted by atomic mass is 16.3. The first-order valence-corrected chi connectivity index (χ1v) is 8.26. The number of nitrogens with one attached hydrogen (secondary N) is 2. The maximum Gasteiger partial charge on any atom is 0.224 e. The average Bonchev–Trinajstić information content (AvgIpc) is 2.64. The summed E-state index contributed by atoms with van der Waals surface area (Å²) in [6.07, 6.45) is 2.34. The van der Waals surface area contributed by atoms with Gasteiger partial charge in [0.05, 0.1) is 6.20 Å². The second-order valence-corrected chi connectivity index (χ2v) is 5.91. The number of nitrogens with zero attached hydrogens (tertiary/aromatic N) is 3. The lowest BCUT2D eigenvalue weighted by Crippen LogP contribution is -2.09. The molecule has 3 N–H and O–H groups in total. The van der Waals surface area contributed by atoms with Crippen LogP contribution < -0.4 is 10.6 Å². The molecule has 2 aromatic carbocycles. The van der Waals surface area contributed by atoms with Gasteiger partial charge in [-0.15, -0.1) is 0 Å². The highest BCUT2D eigenvalue weighted by Crippen LogP contribution is 2.21. The second kappa shape index (κ2) is 7.99. The van der Waals surface area contributed by atoms with Crippen LogP contribution in [0.4, 0.5) is 17.5 Å². The van der Waals surface area contributed by atoms with Gasteiger partial charge in [-0.2, -0.15) is 10.2 Å². The van der Waals surface area contributed by atoms with Gasteiger partial charge in [-0.25, -0.2) is 4.98 Å². The Bertz CT molecular complexity index is 932. The fourth-order valence-corrected chi connectivity index (χ4v) is 2.51. The summed E-state index contributed by atoms with van der Waals surface area (Å²) < 4.78 is 0. The lowest BCUT2D eigenvalue weighted by atomic mass is 10.1. The van der Waals surface area contributed by atoms with Crippen molar-refractivity contribution in [1.82, 2.24) is 9.97 Å². The Morgan fingerprint density at radius 1 is 1.15 bits per heavy atom. The van der Waals surface area contributed by atoms with Crippen molar-refractivity contribution in [3.63, 3.8) is 0 Å². The fourth-order valence-electron chi connectivity index (χ4n) is 2.51. The number of phenols is 1. The molecule has 0 amide bonds. The van der Waals surface area contributed by atoms with Crippen molar-refractivity contribution < 1.29 is 5.11 Å². The van der Waals surface area contributed by atoms with Gasteiger partial charge in [0.1, 0.15) is 17.4 Å². The van der Waals surface area contributed by atoms with Gasteiger partial charge in [0, 0.05) is 12.2 Å². The monoisotopic (exact) mass is 345 g/mol. The van der Waals surface area contributed by atoms with Crippen molar-refractivity contribution in [2.75, 3.05) is 17.2 Å². The van der Waals surface area contributed by atoms with E-state index in [1.54, 1.807) is 24.3 Å². The molecule has 0 saturated heterocycles. The number of aryl methyl sites for hydroxylation is 1. The number of hydrogen-bond acceptors (Lipinski definition) is 6. The van der Waals surface area contributed by atoms with E-state index in [2.05, 4.69) is 51.8 Å². The third kappa shape index (κ3) is 4.48. The van der Waals surface area contributed by atoms with E-state index in [-0.39, 0.29) is 5.75 Å². The maximum absolute atomic E-state index is 9.36. The van der Waals surface area contributed by atoms with Crippen LogP contribution in [0.1, 0.15) is 16.7 Å². The van der Waals surface area contributed by atoms with Gasteiger partial charge in [-0.1, -0.05) is 29.8 Å². The third-order valence-electron chi connectivity index (χ3n) is 3.82. The number of phenolic OH excluding ortho intramolecular Hbond substituents is 1. The minimum absolute atomic E-state index is 0.178. The normalized spacial score (nSPS) is 10.2. The molecule has 0 aliphatic heterocycles. The molecule has 0 saturated carbocycles. The van der Waals surface area contributed by atoms with Gasteiger partial charge < -0.3 is 15.7 Å². The van der Waals surface area contributed by atoms with Crippen LogP contribution in [0.15, 0.2) is 54.7 Å². The summed E-state index contributed by atoms with van der Waals surface area (Å²) in [5.41, 5.74) is 3.55. The average molecular weight is 345 g/mol. The molecule has 6 nitrogen and oxygen atoms in total. The van der Waals surface area contributed by atoms with Crippen molar-refractivity contribution >= 4 is 17.5 Å². The van der Waals surface area contributed by atoms with E-state index in [1.165, 1.54) is 17.3 Å². The van der Waals surface area contributed by atoms with Gasteiger partial charge in [-0.3, -0.25) is 0 Å². The molecule has 6 heteroatoms. The Hall–Kier alpha value is -3.59. The van der Waals surface area contributed by atoms with E-state index in [9.17, 15) is 10.4 Å². The van der Waals surface area contributed by atoms with Crippen LogP contribution in [-0.4, -0.2) is 21.6 Å². The molecule has 0 spiro atoms. The molecule has 0 aliphatic carbocycles. The first-order valence-electron chi connectivity index (χ1n) is 8.26. The SMILES string of the molecule is Cc1cccc(CCNc2ncc(C#N)c(Nc3ccc(O)cc3)n2)c1. The first-order chi connectivity index (χ1) is 12.6. The van der Waals surface area contributed by atoms with Gasteiger partial charge in [-0.05, 0) is 43.2 Å². The molecule has 130 valence electrons. The largest absolute Gasteiger partial charge is 0.508 e. The number of rotatable bonds is 6. The van der Waals surface area contributed by atoms with Crippen molar-refractivity contribution in [1.29, 1.82) is 5.26 Å². The molecule has 0 atom stereocenters. The van der Waals surface area contributed by atoms with Crippen LogP contribution in [-0.2, 0) is 6.42 Å². The Morgan fingerprint density at radius 3 is 2.69 bits per heavy atom. The Morgan fingerprint density at radius 2 is 1.96 bits per heavy atom. The number of benzene rings is 2. The lowest BCUT2D eigenvalue weighted by Gasteiger charge is -2.10. The summed E-state index contributed by atoms with van der Waals surface area (Å²) in [6, 6.07) is 17.0. The number of hydrogen-bond donors (Lipinski definition) is 3. The van der Waals surface area contributed by atoms with Crippen molar-refractivity contribution in [3.8, 4) is 11.8 Å². The molecular formula is C20H19N5O. The topological polar surface area (TPSA) is 93.9 Å². The van der Waals surface area contributed by atoms with E-state index < -0.39 is 0 Å². The summed E-state index contributed by atoms with van der Waals surface area (Å²) in [4.78, 5) is 8.58. The molecule has 0 radical (unpaired) electrons. The molecule has 1 heterocycles. The van der Waals surface area contributed by atoms with Crippen molar-refractivity contribution in [2.24, 2.45) is 0 Å². The zero-order chi connectivity index (χ0) is 18.4.